The Morgan fingerprint density at radius 1 is 1.11 bits per heavy atom. The Bertz CT molecular complexity index is 223. The molecule has 0 amide bonds. The quantitative estimate of drug-likeness (QED) is 0.808. The number of nitrogens with zero attached hydrogens (tertiary/aromatic N) is 1. The van der Waals surface area contributed by atoms with Crippen molar-refractivity contribution < 1.29 is 0 Å². The first kappa shape index (κ1) is 14.3. The summed E-state index contributed by atoms with van der Waals surface area (Å²) in [6, 6.07) is 0.710. The predicted octanol–water partition coefficient (Wildman–Crippen LogP) is 3.28. The molecule has 0 aromatic heterocycles. The Morgan fingerprint density at radius 2 is 1.89 bits per heavy atom. The van der Waals surface area contributed by atoms with E-state index in [-0.39, 0.29) is 0 Å². The molecule has 0 spiro atoms. The van der Waals surface area contributed by atoms with Gasteiger partial charge in [-0.25, -0.2) is 0 Å². The highest BCUT2D eigenvalue weighted by Gasteiger charge is 2.24. The number of likely N-dealkylation sites (tertiary alicyclic amines) is 1. The predicted molar refractivity (Wildman–Crippen MR) is 78.9 cm³/mol. The maximum absolute atomic E-state index is 3.84. The second-order valence-electron chi connectivity index (χ2n) is 6.50. The third-order valence-corrected chi connectivity index (χ3v) is 5.15. The monoisotopic (exact) mass is 252 g/mol. The van der Waals surface area contributed by atoms with Crippen LogP contribution in [0.15, 0.2) is 0 Å². The summed E-state index contributed by atoms with van der Waals surface area (Å²) < 4.78 is 0. The third-order valence-electron chi connectivity index (χ3n) is 5.15. The number of nitrogens with one attached hydrogen (secondary N) is 1. The topological polar surface area (TPSA) is 15.3 Å². The minimum atomic E-state index is 0.710. The lowest BCUT2D eigenvalue weighted by Crippen LogP contribution is -2.45. The molecule has 1 heterocycles. The van der Waals surface area contributed by atoms with Gasteiger partial charge in [0.1, 0.15) is 0 Å². The van der Waals surface area contributed by atoms with E-state index in [1.54, 1.807) is 0 Å². The molecule has 2 rings (SSSR count). The zero-order chi connectivity index (χ0) is 12.8. The van der Waals surface area contributed by atoms with Crippen LogP contribution in [0.25, 0.3) is 0 Å². The molecule has 18 heavy (non-hydrogen) atoms. The van der Waals surface area contributed by atoms with Crippen molar-refractivity contribution in [3.05, 3.63) is 0 Å². The molecule has 0 aromatic carbocycles. The molecule has 2 atom stereocenters. The molecule has 2 nitrogen and oxygen atoms in total. The molecular weight excluding hydrogens is 220 g/mol. The molecule has 0 aromatic rings. The molecule has 0 radical (unpaired) electrons. The highest BCUT2D eigenvalue weighted by Crippen LogP contribution is 2.24. The second kappa shape index (κ2) is 7.49. The molecular formula is C16H32N2. The van der Waals surface area contributed by atoms with E-state index in [2.05, 4.69) is 24.1 Å². The second-order valence-corrected chi connectivity index (χ2v) is 6.50. The fraction of sp³-hybridized carbons (Fsp3) is 1.00. The Kier molecular flexibility index (Phi) is 5.97. The van der Waals surface area contributed by atoms with Crippen molar-refractivity contribution in [3.8, 4) is 0 Å². The number of piperidine rings is 1. The molecule has 1 saturated carbocycles. The lowest BCUT2D eigenvalue weighted by atomic mass is 9.88. The van der Waals surface area contributed by atoms with Crippen molar-refractivity contribution in [2.24, 2.45) is 11.8 Å². The molecule has 2 fully saturated rings. The van der Waals surface area contributed by atoms with Gasteiger partial charge in [0.2, 0.25) is 0 Å². The average Bonchev–Trinajstić information content (AvgIpc) is 2.46. The fourth-order valence-electron chi connectivity index (χ4n) is 3.70. The van der Waals surface area contributed by atoms with Gasteiger partial charge in [-0.15, -0.1) is 0 Å². The fourth-order valence-corrected chi connectivity index (χ4v) is 3.70. The Hall–Kier alpha value is -0.0800. The lowest BCUT2D eigenvalue weighted by Gasteiger charge is -2.36. The molecule has 2 heteroatoms. The van der Waals surface area contributed by atoms with Gasteiger partial charge in [0, 0.05) is 12.6 Å². The summed E-state index contributed by atoms with van der Waals surface area (Å²) in [6.07, 6.45) is 10.2. The van der Waals surface area contributed by atoms with Gasteiger partial charge in [-0.1, -0.05) is 26.2 Å². The summed E-state index contributed by atoms with van der Waals surface area (Å²) in [4.78, 5) is 2.62. The van der Waals surface area contributed by atoms with Crippen LogP contribution in [0.4, 0.5) is 0 Å². The molecule has 106 valence electrons. The standard InChI is InChI=1S/C16H32N2/c1-3-18-11-7-10-16(13-18)14(2)17-12-15-8-5-4-6-9-15/h14-17H,3-13H2,1-2H3. The zero-order valence-electron chi connectivity index (χ0n) is 12.5. The lowest BCUT2D eigenvalue weighted by molar-refractivity contribution is 0.154. The summed E-state index contributed by atoms with van der Waals surface area (Å²) in [5.74, 6) is 1.84. The SMILES string of the molecule is CCN1CCCC(C(C)NCC2CCCCC2)C1. The van der Waals surface area contributed by atoms with Crippen LogP contribution in [-0.4, -0.2) is 37.1 Å². The van der Waals surface area contributed by atoms with Crippen molar-refractivity contribution in [1.82, 2.24) is 10.2 Å². The molecule has 1 N–H and O–H groups in total. The van der Waals surface area contributed by atoms with E-state index in [0.29, 0.717) is 6.04 Å². The van der Waals surface area contributed by atoms with E-state index in [4.69, 9.17) is 0 Å². The minimum absolute atomic E-state index is 0.710. The Balaban J connectivity index is 1.68. The smallest absolute Gasteiger partial charge is 0.00793 e. The molecule has 1 aliphatic heterocycles. The first-order chi connectivity index (χ1) is 8.79. The minimum Gasteiger partial charge on any atom is -0.314 e. The number of rotatable bonds is 5. The van der Waals surface area contributed by atoms with Crippen molar-refractivity contribution in [2.45, 2.75) is 64.8 Å². The summed E-state index contributed by atoms with van der Waals surface area (Å²) in [6.45, 7) is 9.84. The van der Waals surface area contributed by atoms with Gasteiger partial charge in [-0.05, 0) is 64.1 Å². The highest BCUT2D eigenvalue weighted by atomic mass is 15.1. The highest BCUT2D eigenvalue weighted by molar-refractivity contribution is 4.81. The van der Waals surface area contributed by atoms with Crippen molar-refractivity contribution in [1.29, 1.82) is 0 Å². The van der Waals surface area contributed by atoms with Crippen LogP contribution in [0.3, 0.4) is 0 Å². The van der Waals surface area contributed by atoms with E-state index in [9.17, 15) is 0 Å². The van der Waals surface area contributed by atoms with E-state index in [0.717, 1.165) is 11.8 Å². The van der Waals surface area contributed by atoms with Gasteiger partial charge in [-0.3, -0.25) is 0 Å². The molecule has 2 aliphatic rings. The Morgan fingerprint density at radius 3 is 2.61 bits per heavy atom. The zero-order valence-corrected chi connectivity index (χ0v) is 12.5. The average molecular weight is 252 g/mol. The van der Waals surface area contributed by atoms with E-state index < -0.39 is 0 Å². The summed E-state index contributed by atoms with van der Waals surface area (Å²) in [5, 5.41) is 3.84. The van der Waals surface area contributed by atoms with E-state index >= 15 is 0 Å². The number of hydrogen-bond acceptors (Lipinski definition) is 2. The normalized spacial score (nSPS) is 29.3. The first-order valence-corrected chi connectivity index (χ1v) is 8.25. The van der Waals surface area contributed by atoms with Crippen LogP contribution in [0.5, 0.6) is 0 Å². The number of hydrogen-bond donors (Lipinski definition) is 1. The van der Waals surface area contributed by atoms with Gasteiger partial charge < -0.3 is 10.2 Å². The molecule has 0 bridgehead atoms. The molecule has 2 unspecified atom stereocenters. The van der Waals surface area contributed by atoms with Crippen LogP contribution < -0.4 is 5.32 Å². The van der Waals surface area contributed by atoms with Crippen molar-refractivity contribution in [2.75, 3.05) is 26.2 Å². The maximum atomic E-state index is 3.84. The summed E-state index contributed by atoms with van der Waals surface area (Å²) in [7, 11) is 0. The van der Waals surface area contributed by atoms with Crippen LogP contribution in [0.1, 0.15) is 58.8 Å². The Labute approximate surface area is 114 Å². The van der Waals surface area contributed by atoms with E-state index in [1.807, 2.05) is 0 Å². The third kappa shape index (κ3) is 4.24. The van der Waals surface area contributed by atoms with Crippen LogP contribution in [0.2, 0.25) is 0 Å². The van der Waals surface area contributed by atoms with Gasteiger partial charge in [0.25, 0.3) is 0 Å². The van der Waals surface area contributed by atoms with Crippen LogP contribution >= 0.6 is 0 Å². The van der Waals surface area contributed by atoms with Crippen molar-refractivity contribution >= 4 is 0 Å². The van der Waals surface area contributed by atoms with Crippen LogP contribution in [-0.2, 0) is 0 Å². The summed E-state index contributed by atoms with van der Waals surface area (Å²) >= 11 is 0. The van der Waals surface area contributed by atoms with Crippen molar-refractivity contribution in [3.63, 3.8) is 0 Å². The van der Waals surface area contributed by atoms with Gasteiger partial charge in [-0.2, -0.15) is 0 Å². The largest absolute Gasteiger partial charge is 0.314 e. The van der Waals surface area contributed by atoms with Gasteiger partial charge in [0.05, 0.1) is 0 Å². The maximum Gasteiger partial charge on any atom is 0.00793 e. The van der Waals surface area contributed by atoms with Gasteiger partial charge in [0.15, 0.2) is 0 Å². The summed E-state index contributed by atoms with van der Waals surface area (Å²) in [5.41, 5.74) is 0. The van der Waals surface area contributed by atoms with Gasteiger partial charge >= 0.3 is 0 Å². The van der Waals surface area contributed by atoms with Crippen LogP contribution in [0, 0.1) is 11.8 Å². The van der Waals surface area contributed by atoms with E-state index in [1.165, 1.54) is 71.1 Å². The first-order valence-electron chi connectivity index (χ1n) is 8.25. The molecule has 1 saturated heterocycles. The molecule has 1 aliphatic carbocycles.